The largest absolute Gasteiger partial charge is 0.481 e. The topological polar surface area (TPSA) is 104 Å². The molecule has 0 unspecified atom stereocenters. The fourth-order valence-electron chi connectivity index (χ4n) is 3.24. The molecule has 3 rings (SSSR count). The van der Waals surface area contributed by atoms with E-state index in [2.05, 4.69) is 5.32 Å². The molecule has 3 amide bonds. The molecule has 0 aromatic heterocycles. The molecule has 2 aromatic carbocycles. The number of rotatable bonds is 7. The molecular formula is C22H22N2O5. The van der Waals surface area contributed by atoms with Crippen LogP contribution in [0.5, 0.6) is 0 Å². The van der Waals surface area contributed by atoms with Gasteiger partial charge in [-0.05, 0) is 50.1 Å². The van der Waals surface area contributed by atoms with Crippen molar-refractivity contribution in [2.45, 2.75) is 38.8 Å². The number of carboxylic acid groups (broad SMARTS) is 1. The van der Waals surface area contributed by atoms with Crippen LogP contribution in [0.15, 0.2) is 48.5 Å². The molecule has 1 aliphatic rings. The number of benzene rings is 2. The number of nitrogens with one attached hydrogen (secondary N) is 1. The van der Waals surface area contributed by atoms with Gasteiger partial charge in [-0.3, -0.25) is 24.1 Å². The number of aliphatic carboxylic acids is 1. The van der Waals surface area contributed by atoms with E-state index in [-0.39, 0.29) is 30.7 Å². The van der Waals surface area contributed by atoms with Crippen LogP contribution in [-0.2, 0) is 11.3 Å². The van der Waals surface area contributed by atoms with Gasteiger partial charge in [0, 0.05) is 17.5 Å². The Morgan fingerprint density at radius 3 is 2.21 bits per heavy atom. The number of carboxylic acids is 1. The first-order chi connectivity index (χ1) is 13.7. The number of imide groups is 1. The third-order valence-corrected chi connectivity index (χ3v) is 4.82. The first kappa shape index (κ1) is 20.3. The minimum absolute atomic E-state index is 0.0485. The highest BCUT2D eigenvalue weighted by Crippen LogP contribution is 2.24. The summed E-state index contributed by atoms with van der Waals surface area (Å²) in [5.74, 6) is -1.97. The van der Waals surface area contributed by atoms with Crippen molar-refractivity contribution in [3.63, 3.8) is 0 Å². The Morgan fingerprint density at radius 2 is 1.62 bits per heavy atom. The molecule has 0 saturated carbocycles. The Bertz CT molecular complexity index is 961. The van der Waals surface area contributed by atoms with Gasteiger partial charge in [0.25, 0.3) is 17.7 Å². The molecule has 1 aliphatic heterocycles. The van der Waals surface area contributed by atoms with Crippen LogP contribution in [0.4, 0.5) is 0 Å². The summed E-state index contributed by atoms with van der Waals surface area (Å²) in [6.45, 7) is 3.59. The van der Waals surface area contributed by atoms with Gasteiger partial charge < -0.3 is 10.4 Å². The number of carbonyl (C=O) groups excluding carboxylic acids is 3. The first-order valence-corrected chi connectivity index (χ1v) is 9.26. The number of nitrogens with zero attached hydrogens (tertiary/aromatic N) is 1. The van der Waals surface area contributed by atoms with Gasteiger partial charge in [0.15, 0.2) is 0 Å². The van der Waals surface area contributed by atoms with E-state index < -0.39 is 11.5 Å². The SMILES string of the molecule is CC(C)(CCC(=O)O)NC(=O)c1cccc(CN2C(=O)c3ccccc3C2=O)c1. The molecule has 0 fully saturated rings. The van der Waals surface area contributed by atoms with Crippen LogP contribution in [0.2, 0.25) is 0 Å². The summed E-state index contributed by atoms with van der Waals surface area (Å²) in [4.78, 5) is 49.6. The van der Waals surface area contributed by atoms with E-state index in [1.807, 2.05) is 0 Å². The van der Waals surface area contributed by atoms with Crippen molar-refractivity contribution in [2.75, 3.05) is 0 Å². The summed E-state index contributed by atoms with van der Waals surface area (Å²) in [5, 5.41) is 11.7. The summed E-state index contributed by atoms with van der Waals surface area (Å²) in [5.41, 5.74) is 1.10. The Kier molecular flexibility index (Phi) is 5.50. The van der Waals surface area contributed by atoms with E-state index >= 15 is 0 Å². The van der Waals surface area contributed by atoms with E-state index in [9.17, 15) is 19.2 Å². The van der Waals surface area contributed by atoms with Crippen molar-refractivity contribution in [2.24, 2.45) is 0 Å². The fraction of sp³-hybridized carbons (Fsp3) is 0.273. The smallest absolute Gasteiger partial charge is 0.303 e. The van der Waals surface area contributed by atoms with Crippen LogP contribution in [0.1, 0.15) is 63.3 Å². The molecule has 1 heterocycles. The molecular weight excluding hydrogens is 372 g/mol. The second-order valence-electron chi connectivity index (χ2n) is 7.67. The second kappa shape index (κ2) is 7.87. The highest BCUT2D eigenvalue weighted by Gasteiger charge is 2.35. The van der Waals surface area contributed by atoms with Gasteiger partial charge in [-0.1, -0.05) is 24.3 Å². The summed E-state index contributed by atoms with van der Waals surface area (Å²) < 4.78 is 0. The van der Waals surface area contributed by atoms with Crippen LogP contribution < -0.4 is 5.32 Å². The number of carbonyl (C=O) groups is 4. The molecule has 2 N–H and O–H groups in total. The molecule has 150 valence electrons. The first-order valence-electron chi connectivity index (χ1n) is 9.26. The van der Waals surface area contributed by atoms with E-state index in [0.29, 0.717) is 28.7 Å². The zero-order chi connectivity index (χ0) is 21.2. The van der Waals surface area contributed by atoms with Gasteiger partial charge in [0.05, 0.1) is 17.7 Å². The lowest BCUT2D eigenvalue weighted by Gasteiger charge is -2.25. The number of amides is 3. The minimum Gasteiger partial charge on any atom is -0.481 e. The molecule has 0 atom stereocenters. The molecule has 0 aliphatic carbocycles. The normalized spacial score (nSPS) is 13.4. The van der Waals surface area contributed by atoms with Gasteiger partial charge in [-0.25, -0.2) is 0 Å². The predicted octanol–water partition coefficient (Wildman–Crippen LogP) is 2.86. The quantitative estimate of drug-likeness (QED) is 0.703. The van der Waals surface area contributed by atoms with Crippen LogP contribution in [0.3, 0.4) is 0 Å². The molecule has 0 spiro atoms. The zero-order valence-corrected chi connectivity index (χ0v) is 16.3. The van der Waals surface area contributed by atoms with Gasteiger partial charge in [0.1, 0.15) is 0 Å². The van der Waals surface area contributed by atoms with Crippen molar-refractivity contribution in [3.8, 4) is 0 Å². The van der Waals surface area contributed by atoms with E-state index in [1.54, 1.807) is 62.4 Å². The van der Waals surface area contributed by atoms with Crippen molar-refractivity contribution in [1.29, 1.82) is 0 Å². The molecule has 7 nitrogen and oxygen atoms in total. The van der Waals surface area contributed by atoms with Crippen molar-refractivity contribution >= 4 is 23.7 Å². The lowest BCUT2D eigenvalue weighted by Crippen LogP contribution is -2.43. The Hall–Kier alpha value is -3.48. The Balaban J connectivity index is 1.72. The van der Waals surface area contributed by atoms with Crippen molar-refractivity contribution in [1.82, 2.24) is 10.2 Å². The summed E-state index contributed by atoms with van der Waals surface area (Å²) in [6, 6.07) is 13.4. The Morgan fingerprint density at radius 1 is 1.00 bits per heavy atom. The van der Waals surface area contributed by atoms with Crippen LogP contribution in [0.25, 0.3) is 0 Å². The second-order valence-corrected chi connectivity index (χ2v) is 7.67. The summed E-state index contributed by atoms with van der Waals surface area (Å²) in [7, 11) is 0. The van der Waals surface area contributed by atoms with Gasteiger partial charge in [0.2, 0.25) is 0 Å². The number of hydrogen-bond acceptors (Lipinski definition) is 4. The summed E-state index contributed by atoms with van der Waals surface area (Å²) in [6.07, 6.45) is 0.246. The lowest BCUT2D eigenvalue weighted by atomic mass is 9.97. The highest BCUT2D eigenvalue weighted by molar-refractivity contribution is 6.21. The maximum atomic E-state index is 12.6. The number of fused-ring (bicyclic) bond motifs is 1. The van der Waals surface area contributed by atoms with Crippen molar-refractivity contribution in [3.05, 3.63) is 70.8 Å². The maximum Gasteiger partial charge on any atom is 0.303 e. The van der Waals surface area contributed by atoms with E-state index in [0.717, 1.165) is 0 Å². The minimum atomic E-state index is -0.921. The van der Waals surface area contributed by atoms with Crippen LogP contribution in [0, 0.1) is 0 Å². The van der Waals surface area contributed by atoms with Gasteiger partial charge in [-0.2, -0.15) is 0 Å². The lowest BCUT2D eigenvalue weighted by molar-refractivity contribution is -0.137. The third kappa shape index (κ3) is 4.51. The fourth-order valence-corrected chi connectivity index (χ4v) is 3.24. The third-order valence-electron chi connectivity index (χ3n) is 4.82. The number of hydrogen-bond donors (Lipinski definition) is 2. The Labute approximate surface area is 168 Å². The standard InChI is InChI=1S/C22H22N2O5/c1-22(2,11-10-18(25)26)23-19(27)15-7-5-6-14(12-15)13-24-20(28)16-8-3-4-9-17(16)21(24)29/h3-9,12H,10-11,13H2,1-2H3,(H,23,27)(H,25,26). The molecule has 0 radical (unpaired) electrons. The molecule has 0 saturated heterocycles. The zero-order valence-electron chi connectivity index (χ0n) is 16.3. The average Bonchev–Trinajstić information content (AvgIpc) is 2.92. The van der Waals surface area contributed by atoms with Gasteiger partial charge in [-0.15, -0.1) is 0 Å². The monoisotopic (exact) mass is 394 g/mol. The van der Waals surface area contributed by atoms with Crippen LogP contribution in [-0.4, -0.2) is 39.2 Å². The van der Waals surface area contributed by atoms with E-state index in [1.165, 1.54) is 4.90 Å². The highest BCUT2D eigenvalue weighted by atomic mass is 16.4. The van der Waals surface area contributed by atoms with E-state index in [4.69, 9.17) is 5.11 Å². The average molecular weight is 394 g/mol. The summed E-state index contributed by atoms with van der Waals surface area (Å²) >= 11 is 0. The van der Waals surface area contributed by atoms with Crippen LogP contribution >= 0.6 is 0 Å². The molecule has 7 heteroatoms. The van der Waals surface area contributed by atoms with Crippen molar-refractivity contribution < 1.29 is 24.3 Å². The maximum absolute atomic E-state index is 12.6. The molecule has 29 heavy (non-hydrogen) atoms. The van der Waals surface area contributed by atoms with Gasteiger partial charge >= 0.3 is 5.97 Å². The predicted molar refractivity (Wildman–Crippen MR) is 106 cm³/mol. The molecule has 0 bridgehead atoms. The molecule has 2 aromatic rings.